The highest BCUT2D eigenvalue weighted by molar-refractivity contribution is 6.02. The van der Waals surface area contributed by atoms with Gasteiger partial charge in [-0.25, -0.2) is 0 Å². The number of ketones is 1. The van der Waals surface area contributed by atoms with Crippen LogP contribution in [0.3, 0.4) is 0 Å². The van der Waals surface area contributed by atoms with Crippen LogP contribution in [0.15, 0.2) is 12.1 Å². The summed E-state index contributed by atoms with van der Waals surface area (Å²) in [5.41, 5.74) is 1.32. The average molecular weight is 278 g/mol. The van der Waals surface area contributed by atoms with E-state index in [9.17, 15) is 9.59 Å². The van der Waals surface area contributed by atoms with Crippen LogP contribution in [0.2, 0.25) is 0 Å². The number of ether oxygens (including phenoxy) is 3. The van der Waals surface area contributed by atoms with Gasteiger partial charge in [-0.15, -0.1) is 0 Å². The molecule has 0 aliphatic heterocycles. The molecule has 108 valence electrons. The van der Waals surface area contributed by atoms with Crippen LogP contribution < -0.4 is 9.47 Å². The Morgan fingerprint density at radius 3 is 2.60 bits per heavy atom. The SMILES string of the molecule is CCOC(=O)C1CC(=O)c2ccc(OC)c(OC)c2C1. The van der Waals surface area contributed by atoms with Crippen LogP contribution in [0.5, 0.6) is 11.5 Å². The summed E-state index contributed by atoms with van der Waals surface area (Å²) in [6.07, 6.45) is 0.613. The summed E-state index contributed by atoms with van der Waals surface area (Å²) < 4.78 is 15.6. The van der Waals surface area contributed by atoms with E-state index in [0.29, 0.717) is 30.1 Å². The van der Waals surface area contributed by atoms with Crippen LogP contribution in [-0.4, -0.2) is 32.6 Å². The molecule has 0 spiro atoms. The summed E-state index contributed by atoms with van der Waals surface area (Å²) in [6.45, 7) is 2.06. The zero-order chi connectivity index (χ0) is 14.7. The molecule has 1 aromatic carbocycles. The molecule has 0 fully saturated rings. The minimum Gasteiger partial charge on any atom is -0.493 e. The van der Waals surface area contributed by atoms with Crippen LogP contribution >= 0.6 is 0 Å². The molecule has 1 aliphatic rings. The normalized spacial score (nSPS) is 17.4. The maximum atomic E-state index is 12.2. The quantitative estimate of drug-likeness (QED) is 0.788. The number of methoxy groups -OCH3 is 2. The molecule has 2 rings (SSSR count). The second-order valence-corrected chi connectivity index (χ2v) is 4.61. The van der Waals surface area contributed by atoms with Gasteiger partial charge >= 0.3 is 5.97 Å². The molecule has 1 atom stereocenters. The fourth-order valence-electron chi connectivity index (χ4n) is 2.53. The second kappa shape index (κ2) is 5.94. The molecule has 1 aromatic rings. The van der Waals surface area contributed by atoms with Gasteiger partial charge in [0.2, 0.25) is 0 Å². The number of fused-ring (bicyclic) bond motifs is 1. The van der Waals surface area contributed by atoms with Gasteiger partial charge < -0.3 is 14.2 Å². The van der Waals surface area contributed by atoms with Crippen LogP contribution in [0, 0.1) is 5.92 Å². The molecule has 0 aromatic heterocycles. The number of hydrogen-bond donors (Lipinski definition) is 0. The van der Waals surface area contributed by atoms with E-state index in [2.05, 4.69) is 0 Å². The maximum absolute atomic E-state index is 12.2. The molecule has 1 aliphatic carbocycles. The third-order valence-corrected chi connectivity index (χ3v) is 3.45. The minimum absolute atomic E-state index is 0.0646. The van der Waals surface area contributed by atoms with E-state index in [0.717, 1.165) is 5.56 Å². The van der Waals surface area contributed by atoms with E-state index in [1.807, 2.05) is 0 Å². The zero-order valence-corrected chi connectivity index (χ0v) is 11.9. The van der Waals surface area contributed by atoms with Crippen molar-refractivity contribution in [1.82, 2.24) is 0 Å². The standard InChI is InChI=1S/C15H18O5/c1-4-20-15(17)9-7-11-10(12(16)8-9)5-6-13(18-2)14(11)19-3/h5-6,9H,4,7-8H2,1-3H3. The summed E-state index contributed by atoms with van der Waals surface area (Å²) in [5, 5.41) is 0. The van der Waals surface area contributed by atoms with Gasteiger partial charge in [-0.3, -0.25) is 9.59 Å². The Kier molecular flexibility index (Phi) is 4.27. The predicted molar refractivity (Wildman–Crippen MR) is 72.3 cm³/mol. The van der Waals surface area contributed by atoms with Crippen molar-refractivity contribution in [3.63, 3.8) is 0 Å². The topological polar surface area (TPSA) is 61.8 Å². The highest BCUT2D eigenvalue weighted by atomic mass is 16.5. The van der Waals surface area contributed by atoms with Crippen molar-refractivity contribution >= 4 is 11.8 Å². The molecule has 0 bridgehead atoms. The van der Waals surface area contributed by atoms with Crippen molar-refractivity contribution in [3.05, 3.63) is 23.3 Å². The Bertz CT molecular complexity index is 535. The zero-order valence-electron chi connectivity index (χ0n) is 11.9. The monoisotopic (exact) mass is 278 g/mol. The lowest BCUT2D eigenvalue weighted by molar-refractivity contribution is -0.148. The lowest BCUT2D eigenvalue weighted by Crippen LogP contribution is -2.28. The number of rotatable bonds is 4. The highest BCUT2D eigenvalue weighted by Gasteiger charge is 2.33. The summed E-state index contributed by atoms with van der Waals surface area (Å²) >= 11 is 0. The Hall–Kier alpha value is -2.04. The van der Waals surface area contributed by atoms with E-state index >= 15 is 0 Å². The van der Waals surface area contributed by atoms with Crippen molar-refractivity contribution in [1.29, 1.82) is 0 Å². The molecule has 5 heteroatoms. The smallest absolute Gasteiger partial charge is 0.309 e. The molecule has 0 amide bonds. The van der Waals surface area contributed by atoms with Gasteiger partial charge in [0.1, 0.15) is 0 Å². The first kappa shape index (κ1) is 14.4. The van der Waals surface area contributed by atoms with Crippen molar-refractivity contribution in [2.45, 2.75) is 19.8 Å². The summed E-state index contributed by atoms with van der Waals surface area (Å²) in [4.78, 5) is 24.0. The maximum Gasteiger partial charge on any atom is 0.309 e. The first-order chi connectivity index (χ1) is 9.62. The molecule has 5 nitrogen and oxygen atoms in total. The van der Waals surface area contributed by atoms with Crippen molar-refractivity contribution < 1.29 is 23.8 Å². The van der Waals surface area contributed by atoms with E-state index < -0.39 is 5.92 Å². The van der Waals surface area contributed by atoms with Gasteiger partial charge in [-0.1, -0.05) is 0 Å². The van der Waals surface area contributed by atoms with Gasteiger partial charge in [0.05, 0.1) is 26.7 Å². The Morgan fingerprint density at radius 1 is 1.25 bits per heavy atom. The first-order valence-electron chi connectivity index (χ1n) is 6.56. The summed E-state index contributed by atoms with van der Waals surface area (Å²) in [5.74, 6) is 0.230. The second-order valence-electron chi connectivity index (χ2n) is 4.61. The lowest BCUT2D eigenvalue weighted by Gasteiger charge is -2.24. The third kappa shape index (κ3) is 2.48. The molecule has 0 N–H and O–H groups in total. The van der Waals surface area contributed by atoms with E-state index in [4.69, 9.17) is 14.2 Å². The Labute approximate surface area is 117 Å². The van der Waals surface area contributed by atoms with Gasteiger partial charge in [-0.2, -0.15) is 0 Å². The molecule has 0 saturated carbocycles. The van der Waals surface area contributed by atoms with Gasteiger partial charge in [0, 0.05) is 17.5 Å². The predicted octanol–water partition coefficient (Wildman–Crippen LogP) is 2.01. The summed E-state index contributed by atoms with van der Waals surface area (Å²) in [6, 6.07) is 3.43. The number of Topliss-reactive ketones (excluding diaryl/α,β-unsaturated/α-hetero) is 1. The van der Waals surface area contributed by atoms with Gasteiger partial charge in [0.25, 0.3) is 0 Å². The van der Waals surface area contributed by atoms with Crippen molar-refractivity contribution in [2.75, 3.05) is 20.8 Å². The third-order valence-electron chi connectivity index (χ3n) is 3.45. The highest BCUT2D eigenvalue weighted by Crippen LogP contribution is 2.39. The molecular formula is C15H18O5. The van der Waals surface area contributed by atoms with E-state index in [1.165, 1.54) is 14.2 Å². The van der Waals surface area contributed by atoms with Crippen LogP contribution in [0.25, 0.3) is 0 Å². The number of carbonyl (C=O) groups excluding carboxylic acids is 2. The Morgan fingerprint density at radius 2 is 2.00 bits per heavy atom. The Balaban J connectivity index is 2.41. The number of hydrogen-bond acceptors (Lipinski definition) is 5. The molecule has 0 radical (unpaired) electrons. The first-order valence-corrected chi connectivity index (χ1v) is 6.56. The fraction of sp³-hybridized carbons (Fsp3) is 0.467. The van der Waals surface area contributed by atoms with Crippen molar-refractivity contribution in [3.8, 4) is 11.5 Å². The van der Waals surface area contributed by atoms with Crippen molar-refractivity contribution in [2.24, 2.45) is 5.92 Å². The largest absolute Gasteiger partial charge is 0.493 e. The van der Waals surface area contributed by atoms with E-state index in [-0.39, 0.29) is 18.2 Å². The van der Waals surface area contributed by atoms with Crippen LogP contribution in [-0.2, 0) is 16.0 Å². The van der Waals surface area contributed by atoms with Crippen LogP contribution in [0.4, 0.5) is 0 Å². The van der Waals surface area contributed by atoms with Gasteiger partial charge in [-0.05, 0) is 25.5 Å². The minimum atomic E-state index is -0.448. The molecular weight excluding hydrogens is 260 g/mol. The van der Waals surface area contributed by atoms with Gasteiger partial charge in [0.15, 0.2) is 17.3 Å². The molecule has 1 unspecified atom stereocenters. The molecule has 0 saturated heterocycles. The number of carbonyl (C=O) groups is 2. The average Bonchev–Trinajstić information content (AvgIpc) is 2.46. The number of benzene rings is 1. The van der Waals surface area contributed by atoms with E-state index in [1.54, 1.807) is 19.1 Å². The molecule has 0 heterocycles. The fourth-order valence-corrected chi connectivity index (χ4v) is 2.53. The molecule has 20 heavy (non-hydrogen) atoms. The lowest BCUT2D eigenvalue weighted by atomic mass is 9.82. The summed E-state index contributed by atoms with van der Waals surface area (Å²) in [7, 11) is 3.06. The van der Waals surface area contributed by atoms with Crippen LogP contribution in [0.1, 0.15) is 29.3 Å². The number of esters is 1.